The highest BCUT2D eigenvalue weighted by Gasteiger charge is 2.44. The second kappa shape index (κ2) is 16.0. The van der Waals surface area contributed by atoms with E-state index in [1.807, 2.05) is 6.07 Å². The summed E-state index contributed by atoms with van der Waals surface area (Å²) in [6, 6.07) is 9.39. The number of nitrogens with zero attached hydrogens (tertiary/aromatic N) is 2. The van der Waals surface area contributed by atoms with Crippen LogP contribution in [0.5, 0.6) is 5.75 Å². The van der Waals surface area contributed by atoms with Crippen molar-refractivity contribution in [3.05, 3.63) is 64.0 Å². The minimum atomic E-state index is -4.76. The van der Waals surface area contributed by atoms with E-state index in [-0.39, 0.29) is 29.9 Å². The summed E-state index contributed by atoms with van der Waals surface area (Å²) in [7, 11) is -9.25. The molecular weight excluding hydrogens is 669 g/mol. The van der Waals surface area contributed by atoms with E-state index in [4.69, 9.17) is 4.42 Å². The summed E-state index contributed by atoms with van der Waals surface area (Å²) in [5.74, 6) is -0.876. The predicted octanol–water partition coefficient (Wildman–Crippen LogP) is 6.39. The van der Waals surface area contributed by atoms with E-state index in [0.29, 0.717) is 22.3 Å². The quantitative estimate of drug-likeness (QED) is 0.0673. The first-order valence-corrected chi connectivity index (χ1v) is 20.0. The van der Waals surface area contributed by atoms with Crippen molar-refractivity contribution in [2.24, 2.45) is 0 Å². The molecule has 0 spiro atoms. The number of rotatable bonds is 18. The highest BCUT2D eigenvalue weighted by atomic mass is 32.2. The third-order valence-corrected chi connectivity index (χ3v) is 10.8. The monoisotopic (exact) mass is 715 g/mol. The molecule has 3 aromatic rings. The maximum Gasteiger partial charge on any atom is 0.347 e. The molecule has 2 aromatic carbocycles. The molecule has 49 heavy (non-hydrogen) atoms. The largest absolute Gasteiger partial charge is 0.748 e. The molecule has 1 aliphatic heterocycles. The molecule has 2 heterocycles. The molecule has 1 aromatic heterocycles. The Morgan fingerprint density at radius 2 is 1.53 bits per heavy atom. The van der Waals surface area contributed by atoms with Gasteiger partial charge in [-0.25, -0.2) is 21.6 Å². The second-order valence-corrected chi connectivity index (χ2v) is 16.1. The highest BCUT2D eigenvalue weighted by molar-refractivity contribution is 7.86. The van der Waals surface area contributed by atoms with Gasteiger partial charge in [-0.1, -0.05) is 52.4 Å². The van der Waals surface area contributed by atoms with Crippen LogP contribution in [0.25, 0.3) is 17.0 Å². The summed E-state index contributed by atoms with van der Waals surface area (Å²) in [6.07, 6.45) is 12.0. The van der Waals surface area contributed by atoms with Crippen LogP contribution in [-0.4, -0.2) is 66.7 Å². The van der Waals surface area contributed by atoms with Crippen molar-refractivity contribution in [2.75, 3.05) is 30.3 Å². The van der Waals surface area contributed by atoms with Gasteiger partial charge in [0.15, 0.2) is 5.71 Å². The SMILES string of the molecule is CCCCCCN(CCCCCC)c1ccc2c(O)c(/C=C/C3=[N+](CCCS(=O)(=O)[O-])c4ccc(S(=O)(=O)[O-])cc4C3(C)C)c(=O)oc2c1. The lowest BCUT2D eigenvalue weighted by Crippen LogP contribution is -2.28. The van der Waals surface area contributed by atoms with Crippen molar-refractivity contribution < 1.29 is 40.0 Å². The van der Waals surface area contributed by atoms with Gasteiger partial charge >= 0.3 is 5.63 Å². The Morgan fingerprint density at radius 1 is 0.878 bits per heavy atom. The number of anilines is 1. The fourth-order valence-corrected chi connectivity index (χ4v) is 7.45. The molecule has 11 nitrogen and oxygen atoms in total. The van der Waals surface area contributed by atoms with E-state index in [2.05, 4.69) is 18.7 Å². The number of benzene rings is 2. The van der Waals surface area contributed by atoms with Crippen LogP contribution in [0, 0.1) is 0 Å². The van der Waals surface area contributed by atoms with Gasteiger partial charge in [-0.2, -0.15) is 4.58 Å². The standard InChI is InChI=1S/C36H48N2O9S2/c1-5-7-9-11-20-37(21-12-10-8-6-2)26-14-16-28-32(24-26)47-35(40)29(34(28)39)17-19-33-36(3,4)30-25-27(49(44,45)46)15-18-31(30)38(33)22-13-23-48(41,42)43/h14-19,24-25H,5-13,20-23H2,1-4H3,(H2,41,42,43,44,45,46)/p-1. The Morgan fingerprint density at radius 3 is 2.12 bits per heavy atom. The molecule has 0 saturated carbocycles. The summed E-state index contributed by atoms with van der Waals surface area (Å²) in [4.78, 5) is 15.2. The number of aromatic hydroxyl groups is 1. The molecule has 0 amide bonds. The van der Waals surface area contributed by atoms with Crippen LogP contribution in [0.1, 0.15) is 96.6 Å². The lowest BCUT2D eigenvalue weighted by Gasteiger charge is -2.25. The molecule has 13 heteroatoms. The average molecular weight is 716 g/mol. The highest BCUT2D eigenvalue weighted by Crippen LogP contribution is 2.42. The van der Waals surface area contributed by atoms with Crippen molar-refractivity contribution in [3.8, 4) is 5.75 Å². The molecule has 1 aliphatic rings. The summed E-state index contributed by atoms with van der Waals surface area (Å²) in [6.45, 7) is 9.77. The van der Waals surface area contributed by atoms with Crippen molar-refractivity contribution in [1.29, 1.82) is 0 Å². The fourth-order valence-electron chi connectivity index (χ4n) is 6.47. The Bertz CT molecular complexity index is 1980. The van der Waals surface area contributed by atoms with Crippen LogP contribution >= 0.6 is 0 Å². The van der Waals surface area contributed by atoms with Crippen LogP contribution in [0.2, 0.25) is 0 Å². The summed E-state index contributed by atoms with van der Waals surface area (Å²) in [5, 5.41) is 11.7. The zero-order valence-electron chi connectivity index (χ0n) is 28.7. The lowest BCUT2D eigenvalue weighted by atomic mass is 9.81. The van der Waals surface area contributed by atoms with E-state index < -0.39 is 41.9 Å². The fraction of sp³-hybridized carbons (Fsp3) is 0.500. The van der Waals surface area contributed by atoms with Gasteiger partial charge in [0.05, 0.1) is 25.8 Å². The minimum absolute atomic E-state index is 0.0276. The molecule has 0 atom stereocenters. The Kier molecular flexibility index (Phi) is 12.5. The molecule has 4 rings (SSSR count). The maximum absolute atomic E-state index is 13.3. The molecule has 0 bridgehead atoms. The average Bonchev–Trinajstić information content (AvgIpc) is 3.23. The first kappa shape index (κ1) is 38.3. The number of hydrogen-bond donors (Lipinski definition) is 1. The van der Waals surface area contributed by atoms with E-state index in [9.17, 15) is 35.8 Å². The van der Waals surface area contributed by atoms with Crippen LogP contribution in [0.4, 0.5) is 11.4 Å². The van der Waals surface area contributed by atoms with Crippen LogP contribution in [0.3, 0.4) is 0 Å². The van der Waals surface area contributed by atoms with Gasteiger partial charge in [-0.05, 0) is 57.0 Å². The van der Waals surface area contributed by atoms with E-state index in [0.717, 1.165) is 57.3 Å². The molecular formula is C36H47N2O9S2-. The molecule has 0 radical (unpaired) electrons. The summed E-state index contributed by atoms with van der Waals surface area (Å²) >= 11 is 0. The van der Waals surface area contributed by atoms with E-state index in [1.165, 1.54) is 37.1 Å². The number of fused-ring (bicyclic) bond motifs is 2. The molecule has 1 N–H and O–H groups in total. The third kappa shape index (κ3) is 9.39. The van der Waals surface area contributed by atoms with E-state index >= 15 is 0 Å². The van der Waals surface area contributed by atoms with Gasteiger partial charge in [0, 0.05) is 54.7 Å². The summed E-state index contributed by atoms with van der Waals surface area (Å²) in [5.41, 5.74) is 0.959. The zero-order valence-corrected chi connectivity index (χ0v) is 30.4. The summed E-state index contributed by atoms with van der Waals surface area (Å²) < 4.78 is 76.9. The van der Waals surface area contributed by atoms with Gasteiger partial charge in [-0.15, -0.1) is 0 Å². The second-order valence-electron chi connectivity index (χ2n) is 13.2. The maximum atomic E-state index is 13.3. The van der Waals surface area contributed by atoms with Gasteiger partial charge in [0.2, 0.25) is 5.69 Å². The Balaban J connectivity index is 1.72. The van der Waals surface area contributed by atoms with Crippen molar-refractivity contribution in [3.63, 3.8) is 0 Å². The number of allylic oxidation sites excluding steroid dienone is 1. The molecule has 0 saturated heterocycles. The van der Waals surface area contributed by atoms with Crippen LogP contribution in [-0.2, 0) is 25.7 Å². The molecule has 0 fully saturated rings. The number of unbranched alkanes of at least 4 members (excludes halogenated alkanes) is 6. The van der Waals surface area contributed by atoms with Crippen molar-refractivity contribution in [2.45, 2.75) is 95.8 Å². The minimum Gasteiger partial charge on any atom is -0.748 e. The lowest BCUT2D eigenvalue weighted by molar-refractivity contribution is -0.437. The zero-order chi connectivity index (χ0) is 36.0. The van der Waals surface area contributed by atoms with Gasteiger partial charge in [-0.3, -0.25) is 0 Å². The predicted molar refractivity (Wildman–Crippen MR) is 190 cm³/mol. The van der Waals surface area contributed by atoms with Crippen molar-refractivity contribution >= 4 is 54.4 Å². The first-order valence-electron chi connectivity index (χ1n) is 17.0. The first-order chi connectivity index (χ1) is 23.1. The van der Waals surface area contributed by atoms with Gasteiger partial charge in [0.25, 0.3) is 0 Å². The Labute approximate surface area is 289 Å². The van der Waals surface area contributed by atoms with Crippen LogP contribution < -0.4 is 10.5 Å². The van der Waals surface area contributed by atoms with Gasteiger partial charge < -0.3 is 23.5 Å². The normalized spacial score (nSPS) is 14.7. The third-order valence-electron chi connectivity index (χ3n) is 9.16. The molecule has 0 aliphatic carbocycles. The molecule has 268 valence electrons. The van der Waals surface area contributed by atoms with Crippen LogP contribution in [0.15, 0.2) is 56.6 Å². The van der Waals surface area contributed by atoms with Gasteiger partial charge in [0.1, 0.15) is 33.6 Å². The topological polar surface area (TPSA) is 171 Å². The number of hydrogen-bond acceptors (Lipinski definition) is 10. The van der Waals surface area contributed by atoms with E-state index in [1.54, 1.807) is 36.6 Å². The van der Waals surface area contributed by atoms with Crippen molar-refractivity contribution in [1.82, 2.24) is 0 Å². The smallest absolute Gasteiger partial charge is 0.347 e. The Hall–Kier alpha value is -3.52. The molecule has 0 unspecified atom stereocenters.